The van der Waals surface area contributed by atoms with Gasteiger partial charge in [0.15, 0.2) is 0 Å². The molecule has 0 saturated heterocycles. The van der Waals surface area contributed by atoms with Crippen molar-refractivity contribution in [2.75, 3.05) is 7.11 Å². The summed E-state index contributed by atoms with van der Waals surface area (Å²) < 4.78 is 18.7. The van der Waals surface area contributed by atoms with Crippen LogP contribution in [0.1, 0.15) is 5.56 Å². The monoisotopic (exact) mass is 261 g/mol. The number of aliphatic carboxylic acids is 1. The lowest BCUT2D eigenvalue weighted by atomic mass is 10.1. The first-order valence-corrected chi connectivity index (χ1v) is 5.61. The third kappa shape index (κ3) is 3.07. The summed E-state index contributed by atoms with van der Waals surface area (Å²) >= 11 is 0. The molecule has 5 heteroatoms. The lowest BCUT2D eigenvalue weighted by molar-refractivity contribution is -0.136. The molecule has 0 spiro atoms. The highest BCUT2D eigenvalue weighted by molar-refractivity contribution is 5.70. The predicted octanol–water partition coefficient (Wildman–Crippen LogP) is 2.52. The summed E-state index contributed by atoms with van der Waals surface area (Å²) in [6.45, 7) is 0. The Morgan fingerprint density at radius 1 is 1.37 bits per heavy atom. The van der Waals surface area contributed by atoms with Gasteiger partial charge in [0.2, 0.25) is 0 Å². The fourth-order valence-electron chi connectivity index (χ4n) is 1.69. The van der Waals surface area contributed by atoms with Crippen LogP contribution in [0.2, 0.25) is 0 Å². The van der Waals surface area contributed by atoms with Crippen LogP contribution >= 0.6 is 0 Å². The van der Waals surface area contributed by atoms with Gasteiger partial charge in [0, 0.05) is 11.8 Å². The fraction of sp³-hybridized carbons (Fsp3) is 0.143. The maximum atomic E-state index is 13.7. The smallest absolute Gasteiger partial charge is 0.307 e. The summed E-state index contributed by atoms with van der Waals surface area (Å²) in [5, 5.41) is 8.66. The van der Waals surface area contributed by atoms with Crippen molar-refractivity contribution in [3.8, 4) is 17.0 Å². The van der Waals surface area contributed by atoms with Crippen molar-refractivity contribution in [1.82, 2.24) is 4.98 Å². The Labute approximate surface area is 109 Å². The average molecular weight is 261 g/mol. The number of aromatic nitrogens is 1. The minimum absolute atomic E-state index is 0.103. The van der Waals surface area contributed by atoms with Gasteiger partial charge in [-0.1, -0.05) is 6.07 Å². The van der Waals surface area contributed by atoms with Crippen molar-refractivity contribution < 1.29 is 19.0 Å². The van der Waals surface area contributed by atoms with Crippen LogP contribution < -0.4 is 4.74 Å². The first kappa shape index (κ1) is 13.0. The number of carbonyl (C=O) groups is 1. The van der Waals surface area contributed by atoms with Crippen molar-refractivity contribution >= 4 is 5.97 Å². The number of benzene rings is 1. The molecule has 0 aliphatic carbocycles. The zero-order valence-electron chi connectivity index (χ0n) is 10.3. The van der Waals surface area contributed by atoms with Crippen molar-refractivity contribution in [3.05, 3.63) is 47.9 Å². The highest BCUT2D eigenvalue weighted by Gasteiger charge is 2.09. The predicted molar refractivity (Wildman–Crippen MR) is 67.5 cm³/mol. The van der Waals surface area contributed by atoms with Gasteiger partial charge in [0.25, 0.3) is 0 Å². The Kier molecular flexibility index (Phi) is 3.75. The molecule has 0 aliphatic rings. The van der Waals surface area contributed by atoms with Crippen LogP contribution in [0.25, 0.3) is 11.3 Å². The van der Waals surface area contributed by atoms with Crippen molar-refractivity contribution in [2.45, 2.75) is 6.42 Å². The largest absolute Gasteiger partial charge is 0.497 e. The minimum Gasteiger partial charge on any atom is -0.497 e. The normalized spacial score (nSPS) is 10.2. The summed E-state index contributed by atoms with van der Waals surface area (Å²) in [6, 6.07) is 7.60. The van der Waals surface area contributed by atoms with E-state index in [1.165, 1.54) is 25.4 Å². The molecule has 4 nitrogen and oxygen atoms in total. The molecule has 2 aromatic rings. The highest BCUT2D eigenvalue weighted by Crippen LogP contribution is 2.25. The van der Waals surface area contributed by atoms with E-state index in [-0.39, 0.29) is 6.42 Å². The second kappa shape index (κ2) is 5.48. The van der Waals surface area contributed by atoms with Crippen molar-refractivity contribution in [1.29, 1.82) is 0 Å². The van der Waals surface area contributed by atoms with Crippen LogP contribution in [-0.2, 0) is 11.2 Å². The summed E-state index contributed by atoms with van der Waals surface area (Å²) in [5.41, 5.74) is 1.33. The Hall–Kier alpha value is -2.43. The standard InChI is InChI=1S/C14H12FNO3/c1-19-10-3-4-12(15)11(7-10)13-5-2-9(8-16-13)6-14(17)18/h2-5,7-8H,6H2,1H3,(H,17,18). The molecule has 98 valence electrons. The highest BCUT2D eigenvalue weighted by atomic mass is 19.1. The minimum atomic E-state index is -0.929. The molecule has 0 unspecified atom stereocenters. The first-order chi connectivity index (χ1) is 9.10. The third-order valence-corrected chi connectivity index (χ3v) is 2.63. The maximum Gasteiger partial charge on any atom is 0.307 e. The molecule has 1 N–H and O–H groups in total. The van der Waals surface area contributed by atoms with E-state index in [0.717, 1.165) is 0 Å². The van der Waals surface area contributed by atoms with Gasteiger partial charge in [0.05, 0.1) is 19.2 Å². The summed E-state index contributed by atoms with van der Waals surface area (Å²) in [5.74, 6) is -0.797. The third-order valence-electron chi connectivity index (χ3n) is 2.63. The van der Waals surface area contributed by atoms with Crippen LogP contribution in [0.3, 0.4) is 0 Å². The van der Waals surface area contributed by atoms with E-state index in [1.54, 1.807) is 18.2 Å². The number of methoxy groups -OCH3 is 1. The fourth-order valence-corrected chi connectivity index (χ4v) is 1.69. The van der Waals surface area contributed by atoms with Crippen LogP contribution in [0, 0.1) is 5.82 Å². The average Bonchev–Trinajstić information content (AvgIpc) is 2.40. The number of nitrogens with zero attached hydrogens (tertiary/aromatic N) is 1. The zero-order chi connectivity index (χ0) is 13.8. The number of halogens is 1. The Balaban J connectivity index is 2.34. The number of hydrogen-bond acceptors (Lipinski definition) is 3. The molecule has 1 heterocycles. The molecule has 0 aliphatic heterocycles. The lowest BCUT2D eigenvalue weighted by Crippen LogP contribution is -2.00. The second-order valence-corrected chi connectivity index (χ2v) is 3.97. The molecule has 0 atom stereocenters. The topological polar surface area (TPSA) is 59.4 Å². The van der Waals surface area contributed by atoms with Gasteiger partial charge in [-0.25, -0.2) is 4.39 Å². The van der Waals surface area contributed by atoms with Crippen molar-refractivity contribution in [3.63, 3.8) is 0 Å². The van der Waals surface area contributed by atoms with Gasteiger partial charge < -0.3 is 9.84 Å². The van der Waals surface area contributed by atoms with Crippen LogP contribution in [-0.4, -0.2) is 23.2 Å². The van der Waals surface area contributed by atoms with E-state index in [9.17, 15) is 9.18 Å². The molecule has 0 amide bonds. The second-order valence-electron chi connectivity index (χ2n) is 3.97. The van der Waals surface area contributed by atoms with E-state index in [0.29, 0.717) is 22.6 Å². The number of pyridine rings is 1. The first-order valence-electron chi connectivity index (χ1n) is 5.61. The van der Waals surface area contributed by atoms with Crippen LogP contribution in [0.5, 0.6) is 5.75 Å². The number of carboxylic acid groups (broad SMARTS) is 1. The van der Waals surface area contributed by atoms with Crippen LogP contribution in [0.4, 0.5) is 4.39 Å². The van der Waals surface area contributed by atoms with Gasteiger partial charge in [-0.15, -0.1) is 0 Å². The van der Waals surface area contributed by atoms with Gasteiger partial charge >= 0.3 is 5.97 Å². The summed E-state index contributed by atoms with van der Waals surface area (Å²) in [7, 11) is 1.50. The molecule has 1 aromatic carbocycles. The molecule has 19 heavy (non-hydrogen) atoms. The molecule has 0 saturated carbocycles. The molecule has 0 radical (unpaired) electrons. The number of rotatable bonds is 4. The van der Waals surface area contributed by atoms with Crippen molar-refractivity contribution in [2.24, 2.45) is 0 Å². The van der Waals surface area contributed by atoms with E-state index in [4.69, 9.17) is 9.84 Å². The van der Waals surface area contributed by atoms with E-state index >= 15 is 0 Å². The Morgan fingerprint density at radius 3 is 2.74 bits per heavy atom. The van der Waals surface area contributed by atoms with E-state index in [2.05, 4.69) is 4.98 Å². The number of ether oxygens (including phenoxy) is 1. The molecule has 2 rings (SSSR count). The molecule has 1 aromatic heterocycles. The molecule has 0 bridgehead atoms. The quantitative estimate of drug-likeness (QED) is 0.918. The van der Waals surface area contributed by atoms with Gasteiger partial charge in [-0.05, 0) is 29.8 Å². The molecular formula is C14H12FNO3. The maximum absolute atomic E-state index is 13.7. The number of hydrogen-bond donors (Lipinski definition) is 1. The Bertz CT molecular complexity index is 596. The van der Waals surface area contributed by atoms with Gasteiger partial charge in [0.1, 0.15) is 11.6 Å². The number of carboxylic acids is 1. The van der Waals surface area contributed by atoms with E-state index in [1.807, 2.05) is 0 Å². The molecule has 0 fully saturated rings. The van der Waals surface area contributed by atoms with E-state index < -0.39 is 11.8 Å². The summed E-state index contributed by atoms with van der Waals surface area (Å²) in [6.07, 6.45) is 1.33. The Morgan fingerprint density at radius 2 is 2.16 bits per heavy atom. The SMILES string of the molecule is COc1ccc(F)c(-c2ccc(CC(=O)O)cn2)c1. The lowest BCUT2D eigenvalue weighted by Gasteiger charge is -2.06. The molecular weight excluding hydrogens is 249 g/mol. The zero-order valence-corrected chi connectivity index (χ0v) is 10.3. The van der Waals surface area contributed by atoms with Gasteiger partial charge in [-0.2, -0.15) is 0 Å². The van der Waals surface area contributed by atoms with Gasteiger partial charge in [-0.3, -0.25) is 9.78 Å². The van der Waals surface area contributed by atoms with Crippen LogP contribution in [0.15, 0.2) is 36.5 Å². The summed E-state index contributed by atoms with van der Waals surface area (Å²) in [4.78, 5) is 14.6.